The Morgan fingerprint density at radius 1 is 0.356 bits per heavy atom. The van der Waals surface area contributed by atoms with Gasteiger partial charge in [0.25, 0.3) is 0 Å². The highest BCUT2D eigenvalue weighted by molar-refractivity contribution is 7.25. The molecule has 0 aliphatic heterocycles. The van der Waals surface area contributed by atoms with Crippen LogP contribution in [-0.4, -0.2) is 0 Å². The average molecular weight is 770 g/mol. The minimum absolute atomic E-state index is 0.883. The molecule has 2 nitrogen and oxygen atoms in total. The number of nitrogens with zero attached hydrogens (tertiary/aromatic N) is 1. The molecule has 0 amide bonds. The maximum Gasteiger partial charge on any atom is 0.136 e. The van der Waals surface area contributed by atoms with Gasteiger partial charge >= 0.3 is 0 Å². The van der Waals surface area contributed by atoms with Gasteiger partial charge < -0.3 is 9.32 Å². The van der Waals surface area contributed by atoms with Crippen LogP contribution in [0.1, 0.15) is 0 Å². The topological polar surface area (TPSA) is 16.4 Å². The highest BCUT2D eigenvalue weighted by Crippen LogP contribution is 2.50. The fourth-order valence-corrected chi connectivity index (χ4v) is 10.4. The fourth-order valence-electron chi connectivity index (χ4n) is 9.22. The van der Waals surface area contributed by atoms with Crippen LogP contribution in [0.4, 0.5) is 17.1 Å². The summed E-state index contributed by atoms with van der Waals surface area (Å²) in [7, 11) is 0. The number of rotatable bonds is 6. The van der Waals surface area contributed by atoms with E-state index in [-0.39, 0.29) is 0 Å². The summed E-state index contributed by atoms with van der Waals surface area (Å²) in [4.78, 5) is 2.45. The highest BCUT2D eigenvalue weighted by atomic mass is 32.1. The van der Waals surface area contributed by atoms with Gasteiger partial charge in [-0.25, -0.2) is 0 Å². The SMILES string of the molecule is c1cc(-c2cccc3oc4ccccc4c23)c(-c2cccc3ccccc23)c(N(c2ccc(-c3cccc4sc5ccccc5c34)cc2)c2ccc3ccccc3c2)c1. The number of fused-ring (bicyclic) bond motifs is 8. The van der Waals surface area contributed by atoms with Crippen molar-refractivity contribution in [3.8, 4) is 33.4 Å². The van der Waals surface area contributed by atoms with E-state index in [4.69, 9.17) is 4.42 Å². The Balaban J connectivity index is 1.14. The van der Waals surface area contributed by atoms with Crippen LogP contribution in [0.5, 0.6) is 0 Å². The summed E-state index contributed by atoms with van der Waals surface area (Å²) in [5, 5.41) is 9.68. The van der Waals surface area contributed by atoms with E-state index in [1.165, 1.54) is 58.4 Å². The third-order valence-corrected chi connectivity index (χ3v) is 13.0. The zero-order valence-electron chi connectivity index (χ0n) is 32.0. The number of thiophene rings is 1. The van der Waals surface area contributed by atoms with Crippen molar-refractivity contribution < 1.29 is 4.42 Å². The third kappa shape index (κ3) is 5.47. The summed E-state index contributed by atoms with van der Waals surface area (Å²) in [5.74, 6) is 0. The quantitative estimate of drug-likeness (QED) is 0.167. The average Bonchev–Trinajstić information content (AvgIpc) is 3.88. The second kappa shape index (κ2) is 13.6. The van der Waals surface area contributed by atoms with Crippen LogP contribution in [0.2, 0.25) is 0 Å². The molecule has 0 bridgehead atoms. The summed E-state index contributed by atoms with van der Waals surface area (Å²) in [6.45, 7) is 0. The van der Waals surface area contributed by atoms with Crippen LogP contribution in [0.15, 0.2) is 217 Å². The highest BCUT2D eigenvalue weighted by Gasteiger charge is 2.24. The predicted molar refractivity (Wildman–Crippen MR) is 253 cm³/mol. The van der Waals surface area contributed by atoms with Gasteiger partial charge in [0.05, 0.1) is 5.69 Å². The summed E-state index contributed by atoms with van der Waals surface area (Å²) < 4.78 is 9.09. The Kier molecular flexibility index (Phi) is 7.75. The van der Waals surface area contributed by atoms with Gasteiger partial charge in [-0.15, -0.1) is 11.3 Å². The fraction of sp³-hybridized carbons (Fsp3) is 0. The predicted octanol–water partition coefficient (Wildman–Crippen LogP) is 16.7. The van der Waals surface area contributed by atoms with Crippen molar-refractivity contribution >= 4 is 92.1 Å². The third-order valence-electron chi connectivity index (χ3n) is 11.9. The first-order valence-electron chi connectivity index (χ1n) is 20.1. The van der Waals surface area contributed by atoms with Gasteiger partial charge in [0, 0.05) is 47.9 Å². The largest absolute Gasteiger partial charge is 0.456 e. The lowest BCUT2D eigenvalue weighted by Gasteiger charge is -2.30. The Morgan fingerprint density at radius 2 is 0.966 bits per heavy atom. The van der Waals surface area contributed by atoms with Crippen molar-refractivity contribution in [2.75, 3.05) is 4.90 Å². The first-order chi connectivity index (χ1) is 29.3. The van der Waals surface area contributed by atoms with Crippen LogP contribution in [-0.2, 0) is 0 Å². The van der Waals surface area contributed by atoms with Crippen molar-refractivity contribution in [2.24, 2.45) is 0 Å². The maximum atomic E-state index is 6.47. The molecular formula is C56H35NOS. The molecule has 10 aromatic carbocycles. The van der Waals surface area contributed by atoms with Crippen molar-refractivity contribution in [1.82, 2.24) is 0 Å². The summed E-state index contributed by atoms with van der Waals surface area (Å²) in [5.41, 5.74) is 12.1. The molecule has 276 valence electrons. The van der Waals surface area contributed by atoms with E-state index in [0.29, 0.717) is 0 Å². The molecule has 59 heavy (non-hydrogen) atoms. The molecule has 0 fully saturated rings. The van der Waals surface area contributed by atoms with Crippen LogP contribution >= 0.6 is 11.3 Å². The summed E-state index contributed by atoms with van der Waals surface area (Å²) in [6.07, 6.45) is 0. The minimum atomic E-state index is 0.883. The molecule has 0 saturated heterocycles. The van der Waals surface area contributed by atoms with E-state index < -0.39 is 0 Å². The maximum absolute atomic E-state index is 6.47. The molecule has 2 aromatic heterocycles. The zero-order chi connectivity index (χ0) is 38.9. The van der Waals surface area contributed by atoms with Gasteiger partial charge in [-0.1, -0.05) is 158 Å². The smallest absolute Gasteiger partial charge is 0.136 e. The Morgan fingerprint density at radius 3 is 1.86 bits per heavy atom. The van der Waals surface area contributed by atoms with E-state index in [2.05, 4.69) is 211 Å². The van der Waals surface area contributed by atoms with Crippen molar-refractivity contribution in [3.05, 3.63) is 212 Å². The van der Waals surface area contributed by atoms with Gasteiger partial charge in [0.2, 0.25) is 0 Å². The molecular weight excluding hydrogens is 735 g/mol. The van der Waals surface area contributed by atoms with Crippen molar-refractivity contribution in [3.63, 3.8) is 0 Å². The van der Waals surface area contributed by atoms with Crippen LogP contribution in [0.25, 0.3) is 97.0 Å². The van der Waals surface area contributed by atoms with Crippen LogP contribution in [0.3, 0.4) is 0 Å². The second-order valence-electron chi connectivity index (χ2n) is 15.2. The van der Waals surface area contributed by atoms with E-state index >= 15 is 0 Å². The Hall–Kier alpha value is -7.46. The minimum Gasteiger partial charge on any atom is -0.456 e. The molecule has 12 aromatic rings. The normalized spacial score (nSPS) is 11.7. The summed E-state index contributed by atoms with van der Waals surface area (Å²) >= 11 is 1.86. The van der Waals surface area contributed by atoms with E-state index in [1.54, 1.807) is 0 Å². The number of furan rings is 1. The molecule has 0 radical (unpaired) electrons. The van der Waals surface area contributed by atoms with E-state index in [1.807, 2.05) is 17.4 Å². The number of anilines is 3. The van der Waals surface area contributed by atoms with E-state index in [0.717, 1.165) is 55.7 Å². The standard InChI is InChI=1S/C56H35NOS/c1-2-15-39-35-41(34-29-36(39)13-1)57(40-32-30-38(31-33-40)43-20-12-28-53-56(43)48-19-6-8-27-52(48)59-53)49-24-10-22-45(54(49)44-21-9-16-37-14-3-4-17-42(37)44)46-23-11-26-51-55(46)47-18-5-7-25-50(47)58-51/h1-35H. The molecule has 0 unspecified atom stereocenters. The molecule has 2 heterocycles. The lowest BCUT2D eigenvalue weighted by atomic mass is 9.87. The Bertz CT molecular complexity index is 3570. The summed E-state index contributed by atoms with van der Waals surface area (Å²) in [6, 6.07) is 77.1. The molecule has 0 aliphatic rings. The van der Waals surface area contributed by atoms with Gasteiger partial charge in [-0.2, -0.15) is 0 Å². The number of hydrogen-bond acceptors (Lipinski definition) is 3. The Labute approximate surface area is 345 Å². The van der Waals surface area contributed by atoms with Gasteiger partial charge in [0.1, 0.15) is 11.2 Å². The van der Waals surface area contributed by atoms with Crippen LogP contribution in [0, 0.1) is 0 Å². The van der Waals surface area contributed by atoms with Gasteiger partial charge in [0.15, 0.2) is 0 Å². The van der Waals surface area contributed by atoms with Crippen LogP contribution < -0.4 is 4.90 Å². The van der Waals surface area contributed by atoms with Crippen molar-refractivity contribution in [1.29, 1.82) is 0 Å². The molecule has 0 saturated carbocycles. The molecule has 3 heteroatoms. The van der Waals surface area contributed by atoms with E-state index in [9.17, 15) is 0 Å². The second-order valence-corrected chi connectivity index (χ2v) is 16.3. The van der Waals surface area contributed by atoms with Gasteiger partial charge in [-0.05, 0) is 104 Å². The molecule has 0 atom stereocenters. The monoisotopic (exact) mass is 769 g/mol. The first-order valence-corrected chi connectivity index (χ1v) is 20.9. The number of hydrogen-bond donors (Lipinski definition) is 0. The van der Waals surface area contributed by atoms with Gasteiger partial charge in [-0.3, -0.25) is 0 Å². The lowest BCUT2D eigenvalue weighted by molar-refractivity contribution is 0.669. The molecule has 0 N–H and O–H groups in total. The molecule has 0 aliphatic carbocycles. The number of benzene rings is 10. The molecule has 0 spiro atoms. The lowest BCUT2D eigenvalue weighted by Crippen LogP contribution is -2.12. The first kappa shape index (κ1) is 33.7. The molecule has 12 rings (SSSR count). The zero-order valence-corrected chi connectivity index (χ0v) is 32.8. The van der Waals surface area contributed by atoms with Crippen molar-refractivity contribution in [2.45, 2.75) is 0 Å². The number of para-hydroxylation sites is 1.